The molecule has 0 aliphatic carbocycles. The first-order chi connectivity index (χ1) is 14.7. The summed E-state index contributed by atoms with van der Waals surface area (Å²) in [6.45, 7) is 3.42. The first-order valence-corrected chi connectivity index (χ1v) is 11.3. The summed E-state index contributed by atoms with van der Waals surface area (Å²) in [5, 5.41) is 12.1. The number of thioether (sulfide) groups is 1. The molecular formula is C23H27FN4OS. The SMILES string of the molecule is CCCCCNC(=O)CSc1nnc(-c2ccccc2F)n1CCc1ccccc1. The maximum atomic E-state index is 14.4. The molecule has 2 aromatic carbocycles. The van der Waals surface area contributed by atoms with Crippen LogP contribution in [0, 0.1) is 5.82 Å². The molecule has 3 rings (SSSR count). The van der Waals surface area contributed by atoms with Crippen molar-refractivity contribution in [1.82, 2.24) is 20.1 Å². The summed E-state index contributed by atoms with van der Waals surface area (Å²) >= 11 is 1.33. The van der Waals surface area contributed by atoms with Crippen LogP contribution in [0.4, 0.5) is 4.39 Å². The second-order valence-corrected chi connectivity index (χ2v) is 7.96. The maximum absolute atomic E-state index is 14.4. The van der Waals surface area contributed by atoms with Gasteiger partial charge in [-0.2, -0.15) is 0 Å². The van der Waals surface area contributed by atoms with Crippen LogP contribution >= 0.6 is 11.8 Å². The molecule has 1 N–H and O–H groups in total. The van der Waals surface area contributed by atoms with Crippen molar-refractivity contribution in [2.24, 2.45) is 0 Å². The number of nitrogens with one attached hydrogen (secondary N) is 1. The number of halogens is 1. The highest BCUT2D eigenvalue weighted by molar-refractivity contribution is 7.99. The van der Waals surface area contributed by atoms with Gasteiger partial charge in [-0.1, -0.05) is 74.0 Å². The number of unbranched alkanes of at least 4 members (excludes halogenated alkanes) is 2. The van der Waals surface area contributed by atoms with E-state index in [2.05, 4.69) is 34.6 Å². The second kappa shape index (κ2) is 11.5. The molecular weight excluding hydrogens is 399 g/mol. The fourth-order valence-corrected chi connectivity index (χ4v) is 3.90. The minimum absolute atomic E-state index is 0.0267. The summed E-state index contributed by atoms with van der Waals surface area (Å²) in [7, 11) is 0. The van der Waals surface area contributed by atoms with E-state index in [-0.39, 0.29) is 17.5 Å². The quantitative estimate of drug-likeness (QED) is 0.356. The lowest BCUT2D eigenvalue weighted by Crippen LogP contribution is -2.26. The molecule has 0 bridgehead atoms. The number of rotatable bonds is 11. The van der Waals surface area contributed by atoms with E-state index >= 15 is 0 Å². The highest BCUT2D eigenvalue weighted by Crippen LogP contribution is 2.26. The van der Waals surface area contributed by atoms with E-state index in [1.165, 1.54) is 23.4 Å². The lowest BCUT2D eigenvalue weighted by atomic mass is 10.1. The molecule has 0 saturated carbocycles. The molecule has 158 valence electrons. The zero-order valence-corrected chi connectivity index (χ0v) is 18.0. The minimum atomic E-state index is -0.337. The predicted molar refractivity (Wildman–Crippen MR) is 119 cm³/mol. The molecule has 0 atom stereocenters. The Kier molecular flexibility index (Phi) is 8.44. The first-order valence-electron chi connectivity index (χ1n) is 10.3. The van der Waals surface area contributed by atoms with Crippen molar-refractivity contribution in [2.45, 2.75) is 44.3 Å². The molecule has 5 nitrogen and oxygen atoms in total. The molecule has 3 aromatic rings. The molecule has 1 heterocycles. The predicted octanol–water partition coefficient (Wildman–Crippen LogP) is 4.73. The van der Waals surface area contributed by atoms with Crippen molar-refractivity contribution in [2.75, 3.05) is 12.3 Å². The van der Waals surface area contributed by atoms with Crippen molar-refractivity contribution in [3.05, 3.63) is 66.0 Å². The van der Waals surface area contributed by atoms with Gasteiger partial charge in [-0.25, -0.2) is 4.39 Å². The summed E-state index contributed by atoms with van der Waals surface area (Å²) in [6, 6.07) is 16.7. The van der Waals surface area contributed by atoms with Crippen LogP contribution in [-0.4, -0.2) is 33.0 Å². The lowest BCUT2D eigenvalue weighted by molar-refractivity contribution is -0.118. The van der Waals surface area contributed by atoms with Gasteiger partial charge in [0.05, 0.1) is 11.3 Å². The Hall–Kier alpha value is -2.67. The number of hydrogen-bond acceptors (Lipinski definition) is 4. The fourth-order valence-electron chi connectivity index (χ4n) is 3.11. The van der Waals surface area contributed by atoms with Crippen LogP contribution < -0.4 is 5.32 Å². The number of benzene rings is 2. The van der Waals surface area contributed by atoms with Crippen molar-refractivity contribution >= 4 is 17.7 Å². The molecule has 0 spiro atoms. The van der Waals surface area contributed by atoms with Gasteiger partial charge in [0.15, 0.2) is 11.0 Å². The number of amides is 1. The molecule has 0 unspecified atom stereocenters. The first kappa shape index (κ1) is 22.0. The second-order valence-electron chi connectivity index (χ2n) is 7.02. The van der Waals surface area contributed by atoms with E-state index in [9.17, 15) is 9.18 Å². The largest absolute Gasteiger partial charge is 0.355 e. The summed E-state index contributed by atoms with van der Waals surface area (Å²) < 4.78 is 16.3. The third-order valence-electron chi connectivity index (χ3n) is 4.73. The number of hydrogen-bond donors (Lipinski definition) is 1. The van der Waals surface area contributed by atoms with Crippen LogP contribution in [0.5, 0.6) is 0 Å². The standard InChI is InChI=1S/C23H27FN4OS/c1-2-3-9-15-25-21(29)17-30-23-27-26-22(19-12-7-8-13-20(19)24)28(23)16-14-18-10-5-4-6-11-18/h4-8,10-13H,2-3,9,14-17H2,1H3,(H,25,29). The third kappa shape index (κ3) is 6.16. The summed E-state index contributed by atoms with van der Waals surface area (Å²) in [6.07, 6.45) is 3.97. The maximum Gasteiger partial charge on any atom is 0.230 e. The van der Waals surface area contributed by atoms with Gasteiger partial charge in [-0.05, 0) is 30.5 Å². The van der Waals surface area contributed by atoms with Crippen LogP contribution in [-0.2, 0) is 17.8 Å². The Balaban J connectivity index is 1.73. The number of carbonyl (C=O) groups excluding carboxylic acids is 1. The third-order valence-corrected chi connectivity index (χ3v) is 5.70. The molecule has 0 aliphatic rings. The summed E-state index contributed by atoms with van der Waals surface area (Å²) in [5.41, 5.74) is 1.59. The number of aromatic nitrogens is 3. The van der Waals surface area contributed by atoms with Gasteiger partial charge in [-0.3, -0.25) is 4.79 Å². The smallest absolute Gasteiger partial charge is 0.230 e. The van der Waals surface area contributed by atoms with Gasteiger partial charge in [0, 0.05) is 13.1 Å². The summed E-state index contributed by atoms with van der Waals surface area (Å²) in [4.78, 5) is 12.2. The molecule has 0 fully saturated rings. The van der Waals surface area contributed by atoms with E-state index in [1.807, 2.05) is 22.8 Å². The fraction of sp³-hybridized carbons (Fsp3) is 0.348. The Morgan fingerprint density at radius 1 is 1.07 bits per heavy atom. The summed E-state index contributed by atoms with van der Waals surface area (Å²) in [5.74, 6) is 0.375. The van der Waals surface area contributed by atoms with Crippen molar-refractivity contribution < 1.29 is 9.18 Å². The molecule has 1 amide bonds. The van der Waals surface area contributed by atoms with Gasteiger partial charge < -0.3 is 9.88 Å². The highest BCUT2D eigenvalue weighted by Gasteiger charge is 2.18. The zero-order chi connectivity index (χ0) is 21.2. The number of nitrogens with zero attached hydrogens (tertiary/aromatic N) is 3. The Morgan fingerprint density at radius 2 is 1.83 bits per heavy atom. The van der Waals surface area contributed by atoms with Crippen LogP contribution in [0.1, 0.15) is 31.7 Å². The van der Waals surface area contributed by atoms with Crippen molar-refractivity contribution in [3.63, 3.8) is 0 Å². The molecule has 0 radical (unpaired) electrons. The van der Waals surface area contributed by atoms with Crippen LogP contribution in [0.2, 0.25) is 0 Å². The van der Waals surface area contributed by atoms with Gasteiger partial charge in [-0.15, -0.1) is 10.2 Å². The highest BCUT2D eigenvalue weighted by atomic mass is 32.2. The minimum Gasteiger partial charge on any atom is -0.355 e. The van der Waals surface area contributed by atoms with E-state index in [1.54, 1.807) is 18.2 Å². The van der Waals surface area contributed by atoms with Gasteiger partial charge in [0.1, 0.15) is 5.82 Å². The van der Waals surface area contributed by atoms with Crippen LogP contribution in [0.15, 0.2) is 59.8 Å². The Labute approximate surface area is 181 Å². The lowest BCUT2D eigenvalue weighted by Gasteiger charge is -2.11. The van der Waals surface area contributed by atoms with E-state index in [4.69, 9.17) is 0 Å². The molecule has 0 saturated heterocycles. The monoisotopic (exact) mass is 426 g/mol. The van der Waals surface area contributed by atoms with Crippen molar-refractivity contribution in [1.29, 1.82) is 0 Å². The Bertz CT molecular complexity index is 945. The zero-order valence-electron chi connectivity index (χ0n) is 17.2. The average molecular weight is 427 g/mol. The Morgan fingerprint density at radius 3 is 2.60 bits per heavy atom. The van der Waals surface area contributed by atoms with Gasteiger partial charge in [0.25, 0.3) is 0 Å². The normalized spacial score (nSPS) is 10.9. The molecule has 1 aromatic heterocycles. The van der Waals surface area contributed by atoms with Crippen LogP contribution in [0.3, 0.4) is 0 Å². The van der Waals surface area contributed by atoms with Crippen LogP contribution in [0.25, 0.3) is 11.4 Å². The molecule has 30 heavy (non-hydrogen) atoms. The number of aryl methyl sites for hydroxylation is 1. The average Bonchev–Trinajstić information content (AvgIpc) is 3.17. The number of carbonyl (C=O) groups is 1. The topological polar surface area (TPSA) is 59.8 Å². The van der Waals surface area contributed by atoms with E-state index in [0.717, 1.165) is 25.7 Å². The van der Waals surface area contributed by atoms with Crippen molar-refractivity contribution in [3.8, 4) is 11.4 Å². The molecule has 0 aliphatic heterocycles. The van der Waals surface area contributed by atoms with Gasteiger partial charge >= 0.3 is 0 Å². The van der Waals surface area contributed by atoms with Gasteiger partial charge in [0.2, 0.25) is 5.91 Å². The molecule has 7 heteroatoms. The van der Waals surface area contributed by atoms with E-state index in [0.29, 0.717) is 29.6 Å². The van der Waals surface area contributed by atoms with E-state index < -0.39 is 0 Å².